The van der Waals surface area contributed by atoms with Crippen LogP contribution in [0.3, 0.4) is 0 Å². The van der Waals surface area contributed by atoms with Gasteiger partial charge in [-0.2, -0.15) is 5.26 Å². The molecule has 2 aromatic carbocycles. The molecule has 0 aliphatic heterocycles. The Morgan fingerprint density at radius 3 is 2.58 bits per heavy atom. The van der Waals surface area contributed by atoms with Crippen LogP contribution in [0.2, 0.25) is 10.0 Å². The number of hydrogen-bond acceptors (Lipinski definition) is 2. The Kier molecular flexibility index (Phi) is 4.31. The molecular formula is C15H12Cl2N2. The van der Waals surface area contributed by atoms with Crippen LogP contribution in [-0.4, -0.2) is 0 Å². The number of nitriles is 1. The van der Waals surface area contributed by atoms with Gasteiger partial charge in [-0.25, -0.2) is 0 Å². The van der Waals surface area contributed by atoms with E-state index in [9.17, 15) is 0 Å². The van der Waals surface area contributed by atoms with E-state index in [1.54, 1.807) is 12.1 Å². The van der Waals surface area contributed by atoms with E-state index >= 15 is 0 Å². The fraction of sp³-hybridized carbons (Fsp3) is 0.133. The lowest BCUT2D eigenvalue weighted by molar-refractivity contribution is 1.12. The molecule has 0 saturated carbocycles. The molecule has 0 atom stereocenters. The van der Waals surface area contributed by atoms with E-state index in [2.05, 4.69) is 11.4 Å². The van der Waals surface area contributed by atoms with Crippen molar-refractivity contribution >= 4 is 28.9 Å². The summed E-state index contributed by atoms with van der Waals surface area (Å²) >= 11 is 11.9. The van der Waals surface area contributed by atoms with Crippen LogP contribution in [0.15, 0.2) is 36.4 Å². The Morgan fingerprint density at radius 2 is 1.95 bits per heavy atom. The first-order chi connectivity index (χ1) is 9.10. The van der Waals surface area contributed by atoms with E-state index in [-0.39, 0.29) is 0 Å². The predicted octanol–water partition coefficient (Wildman–Crippen LogP) is 4.79. The Labute approximate surface area is 122 Å². The van der Waals surface area contributed by atoms with Crippen molar-refractivity contribution in [3.63, 3.8) is 0 Å². The monoisotopic (exact) mass is 290 g/mol. The first-order valence-corrected chi connectivity index (χ1v) is 6.54. The highest BCUT2D eigenvalue weighted by Crippen LogP contribution is 2.26. The third kappa shape index (κ3) is 3.41. The molecule has 96 valence electrons. The topological polar surface area (TPSA) is 35.8 Å². The normalized spacial score (nSPS) is 10.0. The quantitative estimate of drug-likeness (QED) is 0.882. The van der Waals surface area contributed by atoms with Gasteiger partial charge in [0.15, 0.2) is 0 Å². The highest BCUT2D eigenvalue weighted by Gasteiger charge is 2.03. The minimum Gasteiger partial charge on any atom is -0.380 e. The van der Waals surface area contributed by atoms with Gasteiger partial charge in [0.2, 0.25) is 0 Å². The summed E-state index contributed by atoms with van der Waals surface area (Å²) in [6.45, 7) is 2.64. The third-order valence-corrected chi connectivity index (χ3v) is 3.42. The standard InChI is InChI=1S/C15H12Cl2N2/c1-10-6-11(8-18)2-3-12(10)9-19-15-5-4-13(16)7-14(15)17/h2-7,19H,9H2,1H3. The maximum absolute atomic E-state index is 8.83. The molecule has 1 N–H and O–H groups in total. The zero-order valence-electron chi connectivity index (χ0n) is 10.4. The van der Waals surface area contributed by atoms with Crippen molar-refractivity contribution in [2.75, 3.05) is 5.32 Å². The Hall–Kier alpha value is -1.69. The summed E-state index contributed by atoms with van der Waals surface area (Å²) in [5.74, 6) is 0. The number of nitrogens with one attached hydrogen (secondary N) is 1. The van der Waals surface area contributed by atoms with Crippen LogP contribution in [0.4, 0.5) is 5.69 Å². The number of hydrogen-bond donors (Lipinski definition) is 1. The molecule has 0 heterocycles. The van der Waals surface area contributed by atoms with Crippen molar-refractivity contribution in [1.29, 1.82) is 5.26 Å². The summed E-state index contributed by atoms with van der Waals surface area (Å²) in [4.78, 5) is 0. The first kappa shape index (κ1) is 13.7. The van der Waals surface area contributed by atoms with Gasteiger partial charge in [0.1, 0.15) is 0 Å². The number of aryl methyl sites for hydroxylation is 1. The molecule has 0 aliphatic carbocycles. The molecule has 4 heteroatoms. The molecule has 0 fully saturated rings. The van der Waals surface area contributed by atoms with Crippen molar-refractivity contribution < 1.29 is 0 Å². The first-order valence-electron chi connectivity index (χ1n) is 5.78. The van der Waals surface area contributed by atoms with Crippen molar-refractivity contribution in [2.45, 2.75) is 13.5 Å². The average molecular weight is 291 g/mol. The summed E-state index contributed by atoms with van der Waals surface area (Å²) in [7, 11) is 0. The van der Waals surface area contributed by atoms with Gasteiger partial charge in [0.25, 0.3) is 0 Å². The molecule has 0 saturated heterocycles. The molecule has 19 heavy (non-hydrogen) atoms. The number of rotatable bonds is 3. The molecule has 0 unspecified atom stereocenters. The second kappa shape index (κ2) is 5.97. The highest BCUT2D eigenvalue weighted by atomic mass is 35.5. The van der Waals surface area contributed by atoms with E-state index in [1.165, 1.54) is 0 Å². The summed E-state index contributed by atoms with van der Waals surface area (Å²) < 4.78 is 0. The highest BCUT2D eigenvalue weighted by molar-refractivity contribution is 6.36. The lowest BCUT2D eigenvalue weighted by Gasteiger charge is -2.11. The molecule has 0 bridgehead atoms. The molecule has 0 aromatic heterocycles. The summed E-state index contributed by atoms with van der Waals surface area (Å²) in [5.41, 5.74) is 3.72. The van der Waals surface area contributed by atoms with Crippen LogP contribution in [-0.2, 0) is 6.54 Å². The van der Waals surface area contributed by atoms with Gasteiger partial charge < -0.3 is 5.32 Å². The number of nitrogens with zero attached hydrogens (tertiary/aromatic N) is 1. The zero-order valence-corrected chi connectivity index (χ0v) is 11.9. The largest absolute Gasteiger partial charge is 0.380 e. The van der Waals surface area contributed by atoms with E-state index in [4.69, 9.17) is 28.5 Å². The second-order valence-electron chi connectivity index (χ2n) is 4.23. The van der Waals surface area contributed by atoms with Crippen LogP contribution in [0.25, 0.3) is 0 Å². The van der Waals surface area contributed by atoms with Crippen LogP contribution < -0.4 is 5.32 Å². The summed E-state index contributed by atoms with van der Waals surface area (Å²) in [6, 6.07) is 13.1. The van der Waals surface area contributed by atoms with Gasteiger partial charge in [0.05, 0.1) is 22.3 Å². The number of benzene rings is 2. The lowest BCUT2D eigenvalue weighted by Crippen LogP contribution is -2.02. The molecule has 2 rings (SSSR count). The fourth-order valence-corrected chi connectivity index (χ4v) is 2.26. The maximum atomic E-state index is 8.83. The van der Waals surface area contributed by atoms with Gasteiger partial charge in [-0.15, -0.1) is 0 Å². The van der Waals surface area contributed by atoms with Crippen molar-refractivity contribution in [3.05, 3.63) is 63.1 Å². The molecule has 0 aliphatic rings. The Morgan fingerprint density at radius 1 is 1.16 bits per heavy atom. The average Bonchev–Trinajstić information content (AvgIpc) is 2.39. The van der Waals surface area contributed by atoms with Crippen LogP contribution in [0.1, 0.15) is 16.7 Å². The van der Waals surface area contributed by atoms with Crippen LogP contribution in [0.5, 0.6) is 0 Å². The predicted molar refractivity (Wildman–Crippen MR) is 79.7 cm³/mol. The van der Waals surface area contributed by atoms with E-state index in [1.807, 2.05) is 31.2 Å². The fourth-order valence-electron chi connectivity index (χ4n) is 1.79. The van der Waals surface area contributed by atoms with E-state index in [0.29, 0.717) is 22.2 Å². The number of anilines is 1. The molecule has 0 spiro atoms. The van der Waals surface area contributed by atoms with Gasteiger partial charge in [-0.3, -0.25) is 0 Å². The van der Waals surface area contributed by atoms with Crippen molar-refractivity contribution in [3.8, 4) is 6.07 Å². The molecular weight excluding hydrogens is 279 g/mol. The molecule has 0 radical (unpaired) electrons. The summed E-state index contributed by atoms with van der Waals surface area (Å²) in [6.07, 6.45) is 0. The van der Waals surface area contributed by atoms with Crippen LogP contribution in [0, 0.1) is 18.3 Å². The second-order valence-corrected chi connectivity index (χ2v) is 5.07. The minimum absolute atomic E-state index is 0.596. The smallest absolute Gasteiger partial charge is 0.0991 e. The molecule has 0 amide bonds. The molecule has 2 aromatic rings. The van der Waals surface area contributed by atoms with Gasteiger partial charge in [-0.1, -0.05) is 29.3 Å². The Balaban J connectivity index is 2.13. The van der Waals surface area contributed by atoms with Crippen LogP contribution >= 0.6 is 23.2 Å². The van der Waals surface area contributed by atoms with Gasteiger partial charge >= 0.3 is 0 Å². The Bertz CT molecular complexity index is 645. The molecule has 2 nitrogen and oxygen atoms in total. The maximum Gasteiger partial charge on any atom is 0.0991 e. The van der Waals surface area contributed by atoms with Gasteiger partial charge in [-0.05, 0) is 48.4 Å². The van der Waals surface area contributed by atoms with Crippen molar-refractivity contribution in [2.24, 2.45) is 0 Å². The zero-order chi connectivity index (χ0) is 13.8. The SMILES string of the molecule is Cc1cc(C#N)ccc1CNc1ccc(Cl)cc1Cl. The van der Waals surface area contributed by atoms with E-state index in [0.717, 1.165) is 16.8 Å². The minimum atomic E-state index is 0.596. The van der Waals surface area contributed by atoms with Crippen molar-refractivity contribution in [1.82, 2.24) is 0 Å². The summed E-state index contributed by atoms with van der Waals surface area (Å²) in [5, 5.41) is 13.3. The lowest BCUT2D eigenvalue weighted by atomic mass is 10.1. The third-order valence-electron chi connectivity index (χ3n) is 2.87. The number of halogens is 2. The van der Waals surface area contributed by atoms with Gasteiger partial charge in [0, 0.05) is 11.6 Å². The van der Waals surface area contributed by atoms with E-state index < -0.39 is 0 Å².